The lowest BCUT2D eigenvalue weighted by Crippen LogP contribution is -2.12. The van der Waals surface area contributed by atoms with Gasteiger partial charge in [-0.3, -0.25) is 9.59 Å². The highest BCUT2D eigenvalue weighted by Gasteiger charge is 2.17. The second-order valence-corrected chi connectivity index (χ2v) is 4.17. The van der Waals surface area contributed by atoms with E-state index in [1.54, 1.807) is 25.1 Å². The van der Waals surface area contributed by atoms with Crippen LogP contribution in [-0.4, -0.2) is 25.5 Å². The van der Waals surface area contributed by atoms with Crippen LogP contribution in [-0.2, 0) is 9.53 Å². The van der Waals surface area contributed by atoms with E-state index in [4.69, 9.17) is 9.47 Å². The van der Waals surface area contributed by atoms with Crippen LogP contribution in [0.25, 0.3) is 0 Å². The lowest BCUT2D eigenvalue weighted by atomic mass is 10.1. The number of rotatable bonds is 5. The van der Waals surface area contributed by atoms with Gasteiger partial charge in [-0.25, -0.2) is 0 Å². The number of Topliss-reactive ketones (excluding diaryl/α,β-unsaturated/α-hetero) is 1. The summed E-state index contributed by atoms with van der Waals surface area (Å²) in [6, 6.07) is 5.06. The number of hydrogen-bond acceptors (Lipinski definition) is 4. The molecular weight excluding hydrogens is 288 g/mol. The van der Waals surface area contributed by atoms with Gasteiger partial charge in [0.05, 0.1) is 19.3 Å². The molecule has 0 unspecified atom stereocenters. The molecule has 1 aromatic rings. The molecular formula is C12H13BrO4. The van der Waals surface area contributed by atoms with Crippen molar-refractivity contribution in [3.8, 4) is 5.75 Å². The molecule has 4 nitrogen and oxygen atoms in total. The molecule has 0 fully saturated rings. The number of carbonyl (C=O) groups is 2. The average Bonchev–Trinajstić information content (AvgIpc) is 2.29. The van der Waals surface area contributed by atoms with Crippen molar-refractivity contribution in [3.05, 3.63) is 28.2 Å². The maximum absolute atomic E-state index is 11.9. The van der Waals surface area contributed by atoms with Crippen molar-refractivity contribution in [2.75, 3.05) is 13.7 Å². The maximum Gasteiger partial charge on any atom is 0.313 e. The molecule has 0 heterocycles. The van der Waals surface area contributed by atoms with Crippen molar-refractivity contribution in [1.82, 2.24) is 0 Å². The molecule has 0 atom stereocenters. The predicted molar refractivity (Wildman–Crippen MR) is 66.3 cm³/mol. The molecule has 0 radical (unpaired) electrons. The summed E-state index contributed by atoms with van der Waals surface area (Å²) in [5, 5.41) is 0. The molecule has 0 aromatic heterocycles. The summed E-state index contributed by atoms with van der Waals surface area (Å²) < 4.78 is 10.5. The second-order valence-electron chi connectivity index (χ2n) is 3.25. The Hall–Kier alpha value is -1.36. The molecule has 1 rings (SSSR count). The highest BCUT2D eigenvalue weighted by molar-refractivity contribution is 9.10. The average molecular weight is 301 g/mol. The fourth-order valence-corrected chi connectivity index (χ4v) is 1.70. The summed E-state index contributed by atoms with van der Waals surface area (Å²) in [4.78, 5) is 23.1. The van der Waals surface area contributed by atoms with E-state index in [-0.39, 0.29) is 18.8 Å². The predicted octanol–water partition coefficient (Wildman–Crippen LogP) is 2.59. The largest absolute Gasteiger partial charge is 0.496 e. The number of ketones is 1. The molecule has 0 aliphatic rings. The van der Waals surface area contributed by atoms with Crippen LogP contribution in [0.15, 0.2) is 22.7 Å². The van der Waals surface area contributed by atoms with Crippen LogP contribution in [0.5, 0.6) is 5.75 Å². The minimum absolute atomic E-state index is 0.266. The second kappa shape index (κ2) is 6.39. The summed E-state index contributed by atoms with van der Waals surface area (Å²) >= 11 is 3.27. The van der Waals surface area contributed by atoms with Crippen LogP contribution < -0.4 is 4.74 Å². The Labute approximate surface area is 108 Å². The van der Waals surface area contributed by atoms with Gasteiger partial charge in [-0.2, -0.15) is 0 Å². The molecule has 0 N–H and O–H groups in total. The van der Waals surface area contributed by atoms with E-state index in [1.165, 1.54) is 7.11 Å². The van der Waals surface area contributed by atoms with Gasteiger partial charge in [0.2, 0.25) is 0 Å². The zero-order valence-corrected chi connectivity index (χ0v) is 11.2. The highest BCUT2D eigenvalue weighted by Crippen LogP contribution is 2.24. The van der Waals surface area contributed by atoms with Crippen LogP contribution in [0.2, 0.25) is 0 Å². The van der Waals surface area contributed by atoms with Gasteiger partial charge in [-0.05, 0) is 25.1 Å². The SMILES string of the molecule is CCOC(=O)CC(=O)c1cc(Br)ccc1OC. The summed E-state index contributed by atoms with van der Waals surface area (Å²) in [7, 11) is 1.48. The van der Waals surface area contributed by atoms with Crippen LogP contribution in [0.1, 0.15) is 23.7 Å². The fourth-order valence-electron chi connectivity index (χ4n) is 1.34. The number of ether oxygens (including phenoxy) is 2. The number of halogens is 1. The third-order valence-corrected chi connectivity index (χ3v) is 2.57. The molecule has 0 saturated carbocycles. The number of carbonyl (C=O) groups excluding carboxylic acids is 2. The first-order valence-corrected chi connectivity index (χ1v) is 5.90. The van der Waals surface area contributed by atoms with Gasteiger partial charge in [-0.15, -0.1) is 0 Å². The van der Waals surface area contributed by atoms with E-state index >= 15 is 0 Å². The Kier molecular flexibility index (Phi) is 5.15. The van der Waals surface area contributed by atoms with E-state index in [0.717, 1.165) is 4.47 Å². The Morgan fingerprint density at radius 2 is 2.06 bits per heavy atom. The molecule has 0 spiro atoms. The van der Waals surface area contributed by atoms with Crippen LogP contribution in [0.4, 0.5) is 0 Å². The first-order chi connectivity index (χ1) is 8.08. The first-order valence-electron chi connectivity index (χ1n) is 5.10. The number of esters is 1. The summed E-state index contributed by atoms with van der Waals surface area (Å²) in [6.07, 6.45) is -0.277. The molecule has 1 aromatic carbocycles. The van der Waals surface area contributed by atoms with Gasteiger partial charge in [0.25, 0.3) is 0 Å². The van der Waals surface area contributed by atoms with Crippen molar-refractivity contribution < 1.29 is 19.1 Å². The molecule has 92 valence electrons. The Morgan fingerprint density at radius 3 is 2.65 bits per heavy atom. The minimum Gasteiger partial charge on any atom is -0.496 e. The van der Waals surface area contributed by atoms with E-state index in [0.29, 0.717) is 11.3 Å². The molecule has 5 heteroatoms. The summed E-state index contributed by atoms with van der Waals surface area (Å²) in [6.45, 7) is 1.96. The highest BCUT2D eigenvalue weighted by atomic mass is 79.9. The topological polar surface area (TPSA) is 52.6 Å². The third-order valence-electron chi connectivity index (χ3n) is 2.07. The summed E-state index contributed by atoms with van der Waals surface area (Å²) in [5.74, 6) is -0.399. The quantitative estimate of drug-likeness (QED) is 0.476. The lowest BCUT2D eigenvalue weighted by molar-refractivity contribution is -0.141. The lowest BCUT2D eigenvalue weighted by Gasteiger charge is -2.07. The van der Waals surface area contributed by atoms with Gasteiger partial charge in [0, 0.05) is 4.47 Å². The molecule has 17 heavy (non-hydrogen) atoms. The third kappa shape index (κ3) is 3.85. The van der Waals surface area contributed by atoms with Crippen molar-refractivity contribution in [1.29, 1.82) is 0 Å². The number of hydrogen-bond donors (Lipinski definition) is 0. The van der Waals surface area contributed by atoms with Crippen molar-refractivity contribution in [2.45, 2.75) is 13.3 Å². The van der Waals surface area contributed by atoms with Crippen LogP contribution >= 0.6 is 15.9 Å². The number of benzene rings is 1. The minimum atomic E-state index is -0.528. The normalized spacial score (nSPS) is 9.82. The monoisotopic (exact) mass is 300 g/mol. The van der Waals surface area contributed by atoms with E-state index < -0.39 is 5.97 Å². The van der Waals surface area contributed by atoms with Crippen molar-refractivity contribution in [3.63, 3.8) is 0 Å². The number of methoxy groups -OCH3 is 1. The molecule has 0 aliphatic carbocycles. The van der Waals surface area contributed by atoms with E-state index in [2.05, 4.69) is 15.9 Å². The van der Waals surface area contributed by atoms with Crippen LogP contribution in [0, 0.1) is 0 Å². The van der Waals surface area contributed by atoms with Gasteiger partial charge in [0.1, 0.15) is 12.2 Å². The van der Waals surface area contributed by atoms with Gasteiger partial charge < -0.3 is 9.47 Å². The van der Waals surface area contributed by atoms with Gasteiger partial charge in [0.15, 0.2) is 5.78 Å². The Morgan fingerprint density at radius 1 is 1.35 bits per heavy atom. The molecule has 0 amide bonds. The Bertz CT molecular complexity index is 429. The van der Waals surface area contributed by atoms with E-state index in [1.807, 2.05) is 0 Å². The maximum atomic E-state index is 11.9. The molecule has 0 aliphatic heterocycles. The van der Waals surface area contributed by atoms with Gasteiger partial charge >= 0.3 is 5.97 Å². The van der Waals surface area contributed by atoms with Crippen molar-refractivity contribution >= 4 is 27.7 Å². The fraction of sp³-hybridized carbons (Fsp3) is 0.333. The summed E-state index contributed by atoms with van der Waals surface area (Å²) in [5.41, 5.74) is 0.370. The van der Waals surface area contributed by atoms with Crippen LogP contribution in [0.3, 0.4) is 0 Å². The Balaban J connectivity index is 2.87. The first kappa shape index (κ1) is 13.7. The zero-order chi connectivity index (χ0) is 12.8. The zero-order valence-electron chi connectivity index (χ0n) is 9.66. The standard InChI is InChI=1S/C12H13BrO4/c1-3-17-12(15)7-10(14)9-6-8(13)4-5-11(9)16-2/h4-6H,3,7H2,1-2H3. The molecule has 0 saturated heterocycles. The smallest absolute Gasteiger partial charge is 0.313 e. The molecule has 0 bridgehead atoms. The van der Waals surface area contributed by atoms with Crippen molar-refractivity contribution in [2.24, 2.45) is 0 Å². The van der Waals surface area contributed by atoms with Gasteiger partial charge in [-0.1, -0.05) is 15.9 Å². The van der Waals surface area contributed by atoms with E-state index in [9.17, 15) is 9.59 Å².